The molecule has 66 heavy (non-hydrogen) atoms. The van der Waals surface area contributed by atoms with Gasteiger partial charge in [0.2, 0.25) is 5.79 Å². The summed E-state index contributed by atoms with van der Waals surface area (Å²) in [6.07, 6.45) is 8.06. The van der Waals surface area contributed by atoms with Crippen LogP contribution in [0.4, 0.5) is 0 Å². The fraction of sp³-hybridized carbons (Fsp3) is 0.654. The summed E-state index contributed by atoms with van der Waals surface area (Å²) in [5, 5.41) is 24.8. The van der Waals surface area contributed by atoms with Gasteiger partial charge in [0, 0.05) is 63.2 Å². The number of fused-ring (bicyclic) bond motifs is 4. The number of aromatic nitrogens is 1. The molecule has 14 atom stereocenters. The number of carbonyl (C=O) groups is 4. The van der Waals surface area contributed by atoms with Crippen LogP contribution in [-0.4, -0.2) is 126 Å². The first-order valence-corrected chi connectivity index (χ1v) is 24.0. The van der Waals surface area contributed by atoms with Gasteiger partial charge in [-0.15, -0.1) is 6.58 Å². The first kappa shape index (κ1) is 51.2. The molecule has 4 aliphatic rings. The van der Waals surface area contributed by atoms with Gasteiger partial charge in [-0.3, -0.25) is 14.4 Å². The number of benzene rings is 1. The first-order chi connectivity index (χ1) is 31.5. The van der Waals surface area contributed by atoms with Gasteiger partial charge in [0.25, 0.3) is 11.7 Å². The highest BCUT2D eigenvalue weighted by atomic mass is 16.7. The van der Waals surface area contributed by atoms with E-state index in [1.807, 2.05) is 57.3 Å². The number of carbonyl (C=O) groups excluding carboxylic acids is 4. The van der Waals surface area contributed by atoms with Gasteiger partial charge in [-0.2, -0.15) is 0 Å². The number of aliphatic hydroxyl groups excluding tert-OH is 1. The average Bonchev–Trinajstić information content (AvgIpc) is 3.79. The molecule has 4 heterocycles. The number of aliphatic hydroxyl groups is 2. The number of hydrogen-bond acceptors (Lipinski definition) is 12. The topological polar surface area (TPSA) is 183 Å². The molecule has 6 rings (SSSR count). The lowest BCUT2D eigenvalue weighted by molar-refractivity contribution is -0.302. The number of amides is 1. The lowest BCUT2D eigenvalue weighted by Crippen LogP contribution is -2.64. The van der Waals surface area contributed by atoms with E-state index in [1.165, 1.54) is 19.1 Å². The van der Waals surface area contributed by atoms with Crippen LogP contribution in [0.1, 0.15) is 105 Å². The van der Waals surface area contributed by atoms with E-state index >= 15 is 0 Å². The second-order valence-electron chi connectivity index (χ2n) is 19.5. The molecule has 0 spiro atoms. The summed E-state index contributed by atoms with van der Waals surface area (Å²) in [5.74, 6) is -6.74. The van der Waals surface area contributed by atoms with Crippen molar-refractivity contribution in [3.63, 3.8) is 0 Å². The fourth-order valence-corrected chi connectivity index (χ4v) is 10.7. The van der Waals surface area contributed by atoms with Gasteiger partial charge in [0.15, 0.2) is 0 Å². The number of ketones is 2. The molecule has 1 aliphatic carbocycles. The van der Waals surface area contributed by atoms with Crippen molar-refractivity contribution in [2.45, 2.75) is 160 Å². The molecule has 3 N–H and O–H groups in total. The van der Waals surface area contributed by atoms with Crippen LogP contribution in [-0.2, 0) is 42.9 Å². The summed E-state index contributed by atoms with van der Waals surface area (Å²) in [6, 6.07) is 6.90. The molecule has 14 nitrogen and oxygen atoms in total. The number of allylic oxidation sites excluding steroid dienone is 3. The highest BCUT2D eigenvalue weighted by molar-refractivity contribution is 6.39. The monoisotopic (exact) mass is 919 g/mol. The number of hydrogen-bond donors (Lipinski definition) is 3. The third-order valence-corrected chi connectivity index (χ3v) is 14.8. The molecule has 2 aromatic rings. The largest absolute Gasteiger partial charge is 0.488 e. The predicted octanol–water partition coefficient (Wildman–Crippen LogP) is 7.21. The number of aromatic amines is 1. The zero-order valence-electron chi connectivity index (χ0n) is 40.2. The number of esters is 1. The van der Waals surface area contributed by atoms with Gasteiger partial charge >= 0.3 is 5.97 Å². The second kappa shape index (κ2) is 22.7. The van der Waals surface area contributed by atoms with Crippen molar-refractivity contribution in [3.8, 4) is 5.75 Å². The Hall–Kier alpha value is -4.18. The minimum absolute atomic E-state index is 0.0280. The highest BCUT2D eigenvalue weighted by Crippen LogP contribution is 2.40. The maximum Gasteiger partial charge on any atom is 0.329 e. The summed E-state index contributed by atoms with van der Waals surface area (Å²) in [4.78, 5) is 61.8. The van der Waals surface area contributed by atoms with Crippen LogP contribution in [0.2, 0.25) is 0 Å². The molecule has 1 aromatic carbocycles. The third-order valence-electron chi connectivity index (χ3n) is 14.8. The van der Waals surface area contributed by atoms with Crippen LogP contribution in [0, 0.1) is 29.6 Å². The lowest BCUT2D eigenvalue weighted by atomic mass is 9.81. The highest BCUT2D eigenvalue weighted by Gasteiger charge is 2.56. The Kier molecular flexibility index (Phi) is 17.7. The molecule has 3 aliphatic heterocycles. The number of piperidine rings is 1. The summed E-state index contributed by atoms with van der Waals surface area (Å²) in [7, 11) is 4.67. The number of rotatable bonds is 9. The third kappa shape index (κ3) is 11.6. The van der Waals surface area contributed by atoms with E-state index in [0.717, 1.165) is 35.1 Å². The quantitative estimate of drug-likeness (QED) is 0.131. The van der Waals surface area contributed by atoms with E-state index in [1.54, 1.807) is 27.0 Å². The molecule has 1 aromatic heterocycles. The van der Waals surface area contributed by atoms with Gasteiger partial charge < -0.3 is 48.5 Å². The van der Waals surface area contributed by atoms with Crippen molar-refractivity contribution in [1.82, 2.24) is 9.88 Å². The van der Waals surface area contributed by atoms with Crippen LogP contribution >= 0.6 is 0 Å². The molecule has 14 unspecified atom stereocenters. The minimum Gasteiger partial charge on any atom is -0.488 e. The molecular weight excluding hydrogens is 845 g/mol. The molecule has 2 saturated heterocycles. The normalized spacial score (nSPS) is 36.2. The van der Waals surface area contributed by atoms with Crippen LogP contribution in [0.15, 0.2) is 66.4 Å². The second-order valence-corrected chi connectivity index (χ2v) is 19.5. The zero-order valence-corrected chi connectivity index (χ0v) is 40.2. The van der Waals surface area contributed by atoms with E-state index in [9.17, 15) is 29.4 Å². The summed E-state index contributed by atoms with van der Waals surface area (Å²) in [6.45, 7) is 13.2. The number of cyclic esters (lactones) is 1. The molecule has 3 fully saturated rings. The predicted molar refractivity (Wildman–Crippen MR) is 249 cm³/mol. The number of nitrogens with zero attached hydrogens (tertiary/aromatic N) is 1. The van der Waals surface area contributed by atoms with Crippen molar-refractivity contribution in [1.29, 1.82) is 0 Å². The van der Waals surface area contributed by atoms with Crippen molar-refractivity contribution in [2.24, 2.45) is 29.6 Å². The Labute approximate surface area is 390 Å². The van der Waals surface area contributed by atoms with Crippen LogP contribution in [0.3, 0.4) is 0 Å². The van der Waals surface area contributed by atoms with Crippen molar-refractivity contribution < 1.29 is 57.8 Å². The Bertz CT molecular complexity index is 2080. The lowest BCUT2D eigenvalue weighted by Gasteiger charge is -2.47. The molecular formula is C52H74N2O12. The Morgan fingerprint density at radius 3 is 2.36 bits per heavy atom. The summed E-state index contributed by atoms with van der Waals surface area (Å²) < 4.78 is 36.9. The van der Waals surface area contributed by atoms with Gasteiger partial charge in [-0.1, -0.05) is 39.0 Å². The van der Waals surface area contributed by atoms with Crippen molar-refractivity contribution >= 4 is 34.3 Å². The number of H-pyrrole nitrogens is 1. The summed E-state index contributed by atoms with van der Waals surface area (Å²) in [5.41, 5.74) is 2.45. The van der Waals surface area contributed by atoms with E-state index < -0.39 is 77.8 Å². The molecule has 0 radical (unpaired) electrons. The van der Waals surface area contributed by atoms with Crippen molar-refractivity contribution in [3.05, 3.63) is 66.4 Å². The summed E-state index contributed by atoms with van der Waals surface area (Å²) >= 11 is 0. The molecule has 14 heteroatoms. The van der Waals surface area contributed by atoms with Gasteiger partial charge in [-0.25, -0.2) is 4.79 Å². The first-order valence-electron chi connectivity index (χ1n) is 24.0. The average molecular weight is 919 g/mol. The smallest absolute Gasteiger partial charge is 0.329 e. The van der Waals surface area contributed by atoms with Crippen LogP contribution < -0.4 is 4.74 Å². The van der Waals surface area contributed by atoms with Crippen molar-refractivity contribution in [2.75, 3.05) is 27.9 Å². The standard InChI is InChI=1S/C52H74N2O12/c1-10-13-37-25-31(3)46(56)32(4)26-44(62-8)48-45(63-9)27-34(6)52(60,66-48)49(57)50(58)54-23-12-11-14-40(54)51(59)65-47(30(2)15-19-41(37)55)33(5)24-35-16-20-42(43(28-35)61-7)64-38-17-18-39-36(29-38)21-22-53-39/h10,17-18,21-22,24-25,29-30,32,34-35,37,40,42-48,53,56,60H,1,11-16,19-20,23,26-28H2,2-9H3. The Morgan fingerprint density at radius 2 is 1.65 bits per heavy atom. The SMILES string of the molecule is C=CCC1C=C(C)C(O)C(C)CC(OC)C2OC(O)(C(=O)C(=O)N3CCCCC3C(=O)OC(C(C)=CC3CCC(Oc4ccc5[nH]ccc5c4)C(OC)C3)C(C)CCC1=O)C(C)CC2OC. The number of ether oxygens (including phenoxy) is 6. The van der Waals surface area contributed by atoms with E-state index in [-0.39, 0.29) is 62.1 Å². The maximum atomic E-state index is 14.5. The maximum absolute atomic E-state index is 14.5. The van der Waals surface area contributed by atoms with E-state index in [4.69, 9.17) is 28.4 Å². The molecule has 364 valence electrons. The number of Topliss-reactive ketones (excluding diaryl/α,β-unsaturated/α-hetero) is 2. The van der Waals surface area contributed by atoms with Crippen LogP contribution in [0.25, 0.3) is 10.9 Å². The number of nitrogens with one attached hydrogen (secondary N) is 1. The van der Waals surface area contributed by atoms with E-state index in [0.29, 0.717) is 37.7 Å². The Morgan fingerprint density at radius 1 is 0.924 bits per heavy atom. The molecule has 1 amide bonds. The number of methoxy groups -OCH3 is 3. The van der Waals surface area contributed by atoms with E-state index in [2.05, 4.69) is 17.6 Å². The van der Waals surface area contributed by atoms with Crippen LogP contribution in [0.5, 0.6) is 5.75 Å². The fourth-order valence-electron chi connectivity index (χ4n) is 10.7. The van der Waals surface area contributed by atoms with Gasteiger partial charge in [0.1, 0.15) is 35.9 Å². The Balaban J connectivity index is 1.31. The zero-order chi connectivity index (χ0) is 47.9. The minimum atomic E-state index is -2.55. The van der Waals surface area contributed by atoms with Gasteiger partial charge in [-0.05, 0) is 131 Å². The van der Waals surface area contributed by atoms with Gasteiger partial charge in [0.05, 0.1) is 24.4 Å². The molecule has 1 saturated carbocycles. The molecule has 2 bridgehead atoms.